The molecule has 1 aromatic heterocycles. The second kappa shape index (κ2) is 6.73. The van der Waals surface area contributed by atoms with Gasteiger partial charge in [-0.25, -0.2) is 0 Å². The van der Waals surface area contributed by atoms with Crippen LogP contribution in [0.4, 0.5) is 0 Å². The monoisotopic (exact) mass is 350 g/mol. The van der Waals surface area contributed by atoms with Crippen LogP contribution in [0.3, 0.4) is 0 Å². The first-order valence-corrected chi connectivity index (χ1v) is 8.00. The van der Waals surface area contributed by atoms with Crippen LogP contribution in [0.1, 0.15) is 41.0 Å². The Balaban J connectivity index is 2.29. The normalized spacial score (nSPS) is 12.7. The number of hydrogen-bond donors (Lipinski definition) is 2. The number of hydrogen-bond acceptors (Lipinski definition) is 3. The standard InChI is InChI=1S/C16H23BrN4/c1-5-13-8-14(21(4)20-13)9-15(19-18)12-6-10(2)16(17)11(3)7-12/h6-8,15,19H,5,9,18H2,1-4H3. The van der Waals surface area contributed by atoms with Gasteiger partial charge in [0.25, 0.3) is 0 Å². The Morgan fingerprint density at radius 1 is 1.29 bits per heavy atom. The van der Waals surface area contributed by atoms with Crippen molar-refractivity contribution in [1.82, 2.24) is 15.2 Å². The van der Waals surface area contributed by atoms with Gasteiger partial charge in [0.2, 0.25) is 0 Å². The molecule has 0 amide bonds. The molecule has 1 aromatic carbocycles. The topological polar surface area (TPSA) is 55.9 Å². The largest absolute Gasteiger partial charge is 0.272 e. The number of rotatable bonds is 5. The van der Waals surface area contributed by atoms with Gasteiger partial charge in [-0.05, 0) is 43.0 Å². The molecule has 21 heavy (non-hydrogen) atoms. The van der Waals surface area contributed by atoms with Gasteiger partial charge >= 0.3 is 0 Å². The van der Waals surface area contributed by atoms with E-state index in [0.717, 1.165) is 23.0 Å². The maximum atomic E-state index is 5.79. The van der Waals surface area contributed by atoms with Crippen LogP contribution >= 0.6 is 15.9 Å². The summed E-state index contributed by atoms with van der Waals surface area (Å²) in [6.45, 7) is 6.33. The number of benzene rings is 1. The van der Waals surface area contributed by atoms with Crippen molar-refractivity contribution >= 4 is 15.9 Å². The Bertz CT molecular complexity index is 610. The molecule has 1 heterocycles. The van der Waals surface area contributed by atoms with Crippen LogP contribution in [0.5, 0.6) is 0 Å². The fourth-order valence-electron chi connectivity index (χ4n) is 2.60. The van der Waals surface area contributed by atoms with Crippen LogP contribution in [0, 0.1) is 13.8 Å². The van der Waals surface area contributed by atoms with E-state index in [1.165, 1.54) is 22.4 Å². The first-order chi connectivity index (χ1) is 9.96. The van der Waals surface area contributed by atoms with Crippen molar-refractivity contribution in [3.63, 3.8) is 0 Å². The van der Waals surface area contributed by atoms with Crippen LogP contribution in [-0.2, 0) is 19.9 Å². The third kappa shape index (κ3) is 3.54. The number of nitrogens with one attached hydrogen (secondary N) is 1. The molecule has 0 aliphatic heterocycles. The summed E-state index contributed by atoms with van der Waals surface area (Å²) in [4.78, 5) is 0. The first-order valence-electron chi connectivity index (χ1n) is 7.20. The first kappa shape index (κ1) is 16.2. The minimum Gasteiger partial charge on any atom is -0.272 e. The Morgan fingerprint density at radius 2 is 1.90 bits per heavy atom. The van der Waals surface area contributed by atoms with Crippen molar-refractivity contribution in [2.45, 2.75) is 39.7 Å². The highest BCUT2D eigenvalue weighted by molar-refractivity contribution is 9.10. The van der Waals surface area contributed by atoms with Gasteiger partial charge in [0.1, 0.15) is 0 Å². The molecule has 0 radical (unpaired) electrons. The van der Waals surface area contributed by atoms with Gasteiger partial charge in [0, 0.05) is 23.6 Å². The lowest BCUT2D eigenvalue weighted by Gasteiger charge is -2.18. The maximum Gasteiger partial charge on any atom is 0.0624 e. The lowest BCUT2D eigenvalue weighted by molar-refractivity contribution is 0.529. The van der Waals surface area contributed by atoms with Gasteiger partial charge in [-0.3, -0.25) is 16.0 Å². The Labute approximate surface area is 134 Å². The summed E-state index contributed by atoms with van der Waals surface area (Å²) < 4.78 is 3.11. The van der Waals surface area contributed by atoms with Crippen molar-refractivity contribution in [3.8, 4) is 0 Å². The van der Waals surface area contributed by atoms with Crippen LogP contribution < -0.4 is 11.3 Å². The number of halogens is 1. The minimum atomic E-state index is 0.0793. The quantitative estimate of drug-likeness (QED) is 0.643. The molecule has 1 atom stereocenters. The lowest BCUT2D eigenvalue weighted by atomic mass is 9.98. The minimum absolute atomic E-state index is 0.0793. The van der Waals surface area contributed by atoms with Gasteiger partial charge in [-0.15, -0.1) is 0 Å². The van der Waals surface area contributed by atoms with E-state index >= 15 is 0 Å². The van der Waals surface area contributed by atoms with Gasteiger partial charge in [-0.1, -0.05) is 35.0 Å². The zero-order chi connectivity index (χ0) is 15.6. The van der Waals surface area contributed by atoms with Gasteiger partial charge < -0.3 is 0 Å². The molecule has 3 N–H and O–H groups in total. The van der Waals surface area contributed by atoms with Crippen molar-refractivity contribution in [1.29, 1.82) is 0 Å². The smallest absolute Gasteiger partial charge is 0.0624 e. The summed E-state index contributed by atoms with van der Waals surface area (Å²) in [5.41, 5.74) is 8.90. The van der Waals surface area contributed by atoms with E-state index in [0.29, 0.717) is 0 Å². The molecule has 4 nitrogen and oxygen atoms in total. The van der Waals surface area contributed by atoms with Crippen molar-refractivity contribution in [3.05, 3.63) is 50.8 Å². The molecule has 0 aliphatic rings. The summed E-state index contributed by atoms with van der Waals surface area (Å²) in [7, 11) is 1.99. The molecule has 0 saturated heterocycles. The van der Waals surface area contributed by atoms with Crippen molar-refractivity contribution in [2.75, 3.05) is 0 Å². The van der Waals surface area contributed by atoms with E-state index < -0.39 is 0 Å². The molecule has 5 heteroatoms. The molecule has 0 spiro atoms. The van der Waals surface area contributed by atoms with E-state index in [-0.39, 0.29) is 6.04 Å². The average molecular weight is 351 g/mol. The highest BCUT2D eigenvalue weighted by Gasteiger charge is 2.15. The number of nitrogens with two attached hydrogens (primary N) is 1. The van der Waals surface area contributed by atoms with Crippen LogP contribution in [0.15, 0.2) is 22.7 Å². The molecule has 0 saturated carbocycles. The lowest BCUT2D eigenvalue weighted by Crippen LogP contribution is -2.30. The summed E-state index contributed by atoms with van der Waals surface area (Å²) in [6, 6.07) is 6.59. The van der Waals surface area contributed by atoms with E-state index in [1.807, 2.05) is 11.7 Å². The molecular weight excluding hydrogens is 328 g/mol. The van der Waals surface area contributed by atoms with E-state index in [9.17, 15) is 0 Å². The fraction of sp³-hybridized carbons (Fsp3) is 0.438. The molecule has 2 aromatic rings. The summed E-state index contributed by atoms with van der Waals surface area (Å²) in [6.07, 6.45) is 1.77. The predicted molar refractivity (Wildman–Crippen MR) is 90.0 cm³/mol. The average Bonchev–Trinajstić information content (AvgIpc) is 2.82. The third-order valence-electron chi connectivity index (χ3n) is 3.87. The second-order valence-corrected chi connectivity index (χ2v) is 6.29. The summed E-state index contributed by atoms with van der Waals surface area (Å²) >= 11 is 3.61. The van der Waals surface area contributed by atoms with Crippen LogP contribution in [0.2, 0.25) is 0 Å². The second-order valence-electron chi connectivity index (χ2n) is 5.50. The van der Waals surface area contributed by atoms with Gasteiger partial charge in [0.05, 0.1) is 11.7 Å². The maximum absolute atomic E-state index is 5.79. The zero-order valence-electron chi connectivity index (χ0n) is 13.1. The highest BCUT2D eigenvalue weighted by Crippen LogP contribution is 2.27. The molecule has 1 unspecified atom stereocenters. The van der Waals surface area contributed by atoms with Gasteiger partial charge in [-0.2, -0.15) is 5.10 Å². The van der Waals surface area contributed by atoms with E-state index in [4.69, 9.17) is 5.84 Å². The molecule has 2 rings (SSSR count). The molecule has 0 bridgehead atoms. The highest BCUT2D eigenvalue weighted by atomic mass is 79.9. The van der Waals surface area contributed by atoms with Crippen LogP contribution in [-0.4, -0.2) is 9.78 Å². The molecule has 0 aliphatic carbocycles. The Hall–Kier alpha value is -1.17. The number of aromatic nitrogens is 2. The molecule has 114 valence electrons. The summed E-state index contributed by atoms with van der Waals surface area (Å²) in [5, 5.41) is 4.50. The third-order valence-corrected chi connectivity index (χ3v) is 5.12. The zero-order valence-corrected chi connectivity index (χ0v) is 14.7. The Kier molecular flexibility index (Phi) is 5.19. The molecule has 0 fully saturated rings. The number of aryl methyl sites for hydroxylation is 4. The van der Waals surface area contributed by atoms with E-state index in [1.54, 1.807) is 0 Å². The SMILES string of the molecule is CCc1cc(CC(NN)c2cc(C)c(Br)c(C)c2)n(C)n1. The Morgan fingerprint density at radius 3 is 2.38 bits per heavy atom. The molecular formula is C16H23BrN4. The van der Waals surface area contributed by atoms with Crippen molar-refractivity contribution < 1.29 is 0 Å². The van der Waals surface area contributed by atoms with Crippen molar-refractivity contribution in [2.24, 2.45) is 12.9 Å². The van der Waals surface area contributed by atoms with Gasteiger partial charge in [0.15, 0.2) is 0 Å². The summed E-state index contributed by atoms with van der Waals surface area (Å²) in [5.74, 6) is 5.79. The number of hydrazine groups is 1. The van der Waals surface area contributed by atoms with E-state index in [2.05, 4.69) is 65.4 Å². The van der Waals surface area contributed by atoms with Crippen LogP contribution in [0.25, 0.3) is 0 Å². The fourth-order valence-corrected chi connectivity index (χ4v) is 2.83. The number of nitrogens with zero attached hydrogens (tertiary/aromatic N) is 2. The predicted octanol–water partition coefficient (Wildman–Crippen LogP) is 3.11.